The van der Waals surface area contributed by atoms with E-state index in [4.69, 9.17) is 16.6 Å². The van der Waals surface area contributed by atoms with Crippen molar-refractivity contribution in [3.05, 3.63) is 105 Å². The number of rotatable bonds is 7. The highest BCUT2D eigenvalue weighted by atomic mass is 35.5. The van der Waals surface area contributed by atoms with Crippen molar-refractivity contribution >= 4 is 68.3 Å². The summed E-state index contributed by atoms with van der Waals surface area (Å²) in [4.78, 5) is 36.4. The number of benzene rings is 3. The Morgan fingerprint density at radius 2 is 1.70 bits per heavy atom. The van der Waals surface area contributed by atoms with Crippen molar-refractivity contribution < 1.29 is 9.18 Å². The van der Waals surface area contributed by atoms with Crippen LogP contribution in [0.2, 0.25) is 5.02 Å². The quantitative estimate of drug-likeness (QED) is 0.153. The average Bonchev–Trinajstić information content (AvgIpc) is 3.61. The van der Waals surface area contributed by atoms with Crippen molar-refractivity contribution in [2.24, 2.45) is 0 Å². The van der Waals surface area contributed by atoms with Gasteiger partial charge in [0.1, 0.15) is 15.7 Å². The predicted molar refractivity (Wildman–Crippen MR) is 160 cm³/mol. The molecule has 12 heteroatoms. The molecule has 3 aromatic heterocycles. The van der Waals surface area contributed by atoms with Crippen LogP contribution in [0, 0.1) is 5.82 Å². The molecule has 6 aromatic rings. The highest BCUT2D eigenvalue weighted by Gasteiger charge is 2.20. The minimum Gasteiger partial charge on any atom is -0.293 e. The van der Waals surface area contributed by atoms with Crippen LogP contribution in [0.15, 0.2) is 94.2 Å². The van der Waals surface area contributed by atoms with Gasteiger partial charge in [0.15, 0.2) is 5.16 Å². The van der Waals surface area contributed by atoms with E-state index in [9.17, 15) is 14.0 Å². The number of carbonyl (C=O) groups excluding carboxylic acids is 1. The minimum atomic E-state index is -0.353. The zero-order valence-corrected chi connectivity index (χ0v) is 23.6. The van der Waals surface area contributed by atoms with Crippen molar-refractivity contribution in [3.8, 4) is 27.4 Å². The number of nitrogens with zero attached hydrogens (tertiary/aromatic N) is 4. The summed E-state index contributed by atoms with van der Waals surface area (Å²) in [6.45, 7) is 0. The Labute approximate surface area is 244 Å². The van der Waals surface area contributed by atoms with Gasteiger partial charge in [0, 0.05) is 21.5 Å². The number of halogens is 2. The van der Waals surface area contributed by atoms with Gasteiger partial charge in [-0.15, -0.1) is 11.3 Å². The van der Waals surface area contributed by atoms with Gasteiger partial charge >= 0.3 is 0 Å². The summed E-state index contributed by atoms with van der Waals surface area (Å²) in [6, 6.07) is 22.3. The van der Waals surface area contributed by atoms with Crippen LogP contribution in [0.5, 0.6) is 0 Å². The van der Waals surface area contributed by atoms with Crippen LogP contribution in [0.1, 0.15) is 0 Å². The molecule has 198 valence electrons. The molecule has 40 heavy (non-hydrogen) atoms. The van der Waals surface area contributed by atoms with Crippen LogP contribution in [0.4, 0.5) is 10.3 Å². The van der Waals surface area contributed by atoms with Gasteiger partial charge < -0.3 is 0 Å². The summed E-state index contributed by atoms with van der Waals surface area (Å²) < 4.78 is 19.2. The van der Waals surface area contributed by atoms with E-state index in [2.05, 4.69) is 14.7 Å². The Kier molecular flexibility index (Phi) is 7.44. The highest BCUT2D eigenvalue weighted by molar-refractivity contribution is 7.99. The molecule has 0 spiro atoms. The molecule has 0 radical (unpaired) electrons. The number of fused-ring (bicyclic) bond motifs is 1. The number of thioether (sulfide) groups is 1. The van der Waals surface area contributed by atoms with Gasteiger partial charge in [-0.3, -0.25) is 19.5 Å². The van der Waals surface area contributed by atoms with Gasteiger partial charge in [0.05, 0.1) is 16.8 Å². The lowest BCUT2D eigenvalue weighted by atomic mass is 10.1. The van der Waals surface area contributed by atoms with Crippen molar-refractivity contribution in [1.82, 2.24) is 18.9 Å². The molecule has 3 aromatic carbocycles. The molecule has 6 rings (SSSR count). The SMILES string of the molecule is O=C(CSc1nc2scc(-c3ccc(F)cc3)c2c(=O)n1-c1ccccc1)Nc1nsc(-c2ccc(Cl)cc2)n1. The molecule has 7 nitrogen and oxygen atoms in total. The molecular formula is C28H17ClFN5O2S3. The third-order valence-electron chi connectivity index (χ3n) is 5.85. The van der Waals surface area contributed by atoms with Gasteiger partial charge in [0.25, 0.3) is 5.56 Å². The van der Waals surface area contributed by atoms with Crippen LogP contribution in [-0.4, -0.2) is 30.6 Å². The molecule has 0 saturated heterocycles. The molecule has 0 atom stereocenters. The zero-order valence-electron chi connectivity index (χ0n) is 20.4. The van der Waals surface area contributed by atoms with Gasteiger partial charge in [-0.1, -0.05) is 65.8 Å². The fraction of sp³-hybridized carbons (Fsp3) is 0.0357. The Hall–Kier alpha value is -3.90. The van der Waals surface area contributed by atoms with E-state index in [0.717, 1.165) is 22.9 Å². The molecule has 1 amide bonds. The van der Waals surface area contributed by atoms with E-state index in [-0.39, 0.29) is 29.0 Å². The number of aromatic nitrogens is 4. The highest BCUT2D eigenvalue weighted by Crippen LogP contribution is 2.33. The molecule has 0 aliphatic heterocycles. The zero-order chi connectivity index (χ0) is 27.6. The minimum absolute atomic E-state index is 0.0174. The Bertz CT molecular complexity index is 1890. The van der Waals surface area contributed by atoms with E-state index < -0.39 is 0 Å². The van der Waals surface area contributed by atoms with Crippen LogP contribution >= 0.6 is 46.2 Å². The largest absolute Gasteiger partial charge is 0.293 e. The average molecular weight is 606 g/mol. The second-order valence-electron chi connectivity index (χ2n) is 8.47. The lowest BCUT2D eigenvalue weighted by Gasteiger charge is -2.12. The molecule has 0 saturated carbocycles. The molecule has 0 fully saturated rings. The summed E-state index contributed by atoms with van der Waals surface area (Å²) >= 11 is 9.59. The topological polar surface area (TPSA) is 89.8 Å². The normalized spacial score (nSPS) is 11.2. The Morgan fingerprint density at radius 1 is 0.975 bits per heavy atom. The summed E-state index contributed by atoms with van der Waals surface area (Å²) in [5.41, 5.74) is 2.60. The number of carbonyl (C=O) groups is 1. The van der Waals surface area contributed by atoms with E-state index in [0.29, 0.717) is 36.7 Å². The van der Waals surface area contributed by atoms with Gasteiger partial charge in [0.2, 0.25) is 11.9 Å². The smallest absolute Gasteiger partial charge is 0.268 e. The van der Waals surface area contributed by atoms with Crippen LogP contribution in [0.3, 0.4) is 0 Å². The standard InChI is InChI=1S/C28H17ClFN5O2S3/c29-18-10-6-17(7-11-18)24-32-27(34-40-24)31-22(36)15-39-28-33-25-23(26(37)35(28)20-4-2-1-3-5-20)21(14-38-25)16-8-12-19(30)13-9-16/h1-14H,15H2,(H,31,34,36). The van der Waals surface area contributed by atoms with Gasteiger partial charge in [-0.25, -0.2) is 9.37 Å². The second kappa shape index (κ2) is 11.3. The number of para-hydroxylation sites is 1. The van der Waals surface area contributed by atoms with E-state index in [1.807, 2.05) is 35.7 Å². The fourth-order valence-electron chi connectivity index (χ4n) is 3.99. The summed E-state index contributed by atoms with van der Waals surface area (Å²) in [5, 5.41) is 6.64. The number of anilines is 1. The second-order valence-corrected chi connectivity index (χ2v) is 11.5. The first kappa shape index (κ1) is 26.3. The first-order chi connectivity index (χ1) is 19.5. The van der Waals surface area contributed by atoms with Crippen LogP contribution in [-0.2, 0) is 4.79 Å². The van der Waals surface area contributed by atoms with E-state index >= 15 is 0 Å². The maximum Gasteiger partial charge on any atom is 0.268 e. The number of nitrogens with one attached hydrogen (secondary N) is 1. The Balaban J connectivity index is 1.28. The van der Waals surface area contributed by atoms with Crippen LogP contribution in [0.25, 0.3) is 37.6 Å². The van der Waals surface area contributed by atoms with E-state index in [1.165, 1.54) is 39.6 Å². The number of amides is 1. The number of hydrogen-bond donors (Lipinski definition) is 1. The Morgan fingerprint density at radius 3 is 2.45 bits per heavy atom. The third-order valence-corrected chi connectivity index (χ3v) is 8.67. The molecule has 3 heterocycles. The summed E-state index contributed by atoms with van der Waals surface area (Å²) in [6.07, 6.45) is 0. The van der Waals surface area contributed by atoms with Gasteiger partial charge in [-0.05, 0) is 53.5 Å². The monoisotopic (exact) mass is 605 g/mol. The first-order valence-electron chi connectivity index (χ1n) is 11.8. The first-order valence-corrected chi connectivity index (χ1v) is 14.9. The maximum atomic E-state index is 13.9. The maximum absolute atomic E-state index is 13.9. The van der Waals surface area contributed by atoms with Crippen molar-refractivity contribution in [2.75, 3.05) is 11.1 Å². The van der Waals surface area contributed by atoms with E-state index in [1.54, 1.807) is 36.4 Å². The van der Waals surface area contributed by atoms with Crippen molar-refractivity contribution in [1.29, 1.82) is 0 Å². The predicted octanol–water partition coefficient (Wildman–Crippen LogP) is 7.16. The van der Waals surface area contributed by atoms with Crippen LogP contribution < -0.4 is 10.9 Å². The molecular weight excluding hydrogens is 589 g/mol. The van der Waals surface area contributed by atoms with Gasteiger partial charge in [-0.2, -0.15) is 9.36 Å². The number of thiophene rings is 1. The third kappa shape index (κ3) is 5.41. The van der Waals surface area contributed by atoms with Crippen molar-refractivity contribution in [3.63, 3.8) is 0 Å². The summed E-state index contributed by atoms with van der Waals surface area (Å²) in [7, 11) is 0. The molecule has 0 bridgehead atoms. The molecule has 0 aliphatic rings. The lowest BCUT2D eigenvalue weighted by Crippen LogP contribution is -2.22. The molecule has 1 N–H and O–H groups in total. The van der Waals surface area contributed by atoms with Crippen molar-refractivity contribution in [2.45, 2.75) is 5.16 Å². The fourth-order valence-corrected chi connectivity index (χ4v) is 6.55. The molecule has 0 unspecified atom stereocenters. The number of hydrogen-bond acceptors (Lipinski definition) is 8. The molecule has 0 aliphatic carbocycles. The summed E-state index contributed by atoms with van der Waals surface area (Å²) in [5.74, 6) is -0.505. The lowest BCUT2D eigenvalue weighted by molar-refractivity contribution is -0.113.